The van der Waals surface area contributed by atoms with Gasteiger partial charge in [-0.3, -0.25) is 4.79 Å². The van der Waals surface area contributed by atoms with Crippen LogP contribution in [0.1, 0.15) is 54.4 Å². The van der Waals surface area contributed by atoms with Gasteiger partial charge in [-0.05, 0) is 43.5 Å². The number of benzene rings is 1. The molecule has 2 N–H and O–H groups in total. The fourth-order valence-electron chi connectivity index (χ4n) is 2.78. The number of halogens is 1. The molecule has 0 spiro atoms. The molecule has 1 fully saturated rings. The minimum absolute atomic E-state index is 0.118. The Morgan fingerprint density at radius 3 is 2.50 bits per heavy atom. The van der Waals surface area contributed by atoms with Crippen LogP contribution < -0.4 is 5.32 Å². The zero-order valence-electron chi connectivity index (χ0n) is 11.9. The minimum atomic E-state index is -0.729. The lowest BCUT2D eigenvalue weighted by atomic mass is 9.94. The predicted octanol–water partition coefficient (Wildman–Crippen LogP) is 3.57. The van der Waals surface area contributed by atoms with Crippen LogP contribution in [-0.2, 0) is 0 Å². The van der Waals surface area contributed by atoms with Crippen molar-refractivity contribution < 1.29 is 9.90 Å². The Hall–Kier alpha value is -0.870. The normalized spacial score (nSPS) is 18.4. The summed E-state index contributed by atoms with van der Waals surface area (Å²) in [5, 5.41) is 13.4. The Morgan fingerprint density at radius 2 is 1.90 bits per heavy atom. The van der Waals surface area contributed by atoms with Crippen molar-refractivity contribution in [2.24, 2.45) is 0 Å². The monoisotopic (exact) mass is 339 g/mol. The Labute approximate surface area is 128 Å². The highest BCUT2D eigenvalue weighted by molar-refractivity contribution is 9.10. The summed E-state index contributed by atoms with van der Waals surface area (Å²) in [5.74, 6) is -0.118. The third-order valence-electron chi connectivity index (χ3n) is 3.92. The maximum Gasteiger partial charge on any atom is 0.251 e. The topological polar surface area (TPSA) is 49.3 Å². The summed E-state index contributed by atoms with van der Waals surface area (Å²) in [6, 6.07) is 5.63. The molecule has 110 valence electrons. The van der Waals surface area contributed by atoms with Crippen molar-refractivity contribution in [2.45, 2.75) is 51.0 Å². The first-order valence-corrected chi connectivity index (χ1v) is 8.06. The van der Waals surface area contributed by atoms with Crippen molar-refractivity contribution in [3.63, 3.8) is 0 Å². The number of carbonyl (C=O) groups excluding carboxylic acids is 1. The van der Waals surface area contributed by atoms with E-state index < -0.39 is 5.60 Å². The van der Waals surface area contributed by atoms with Gasteiger partial charge in [-0.15, -0.1) is 0 Å². The number of amides is 1. The molecule has 0 heterocycles. The van der Waals surface area contributed by atoms with E-state index in [1.165, 1.54) is 12.8 Å². The lowest BCUT2D eigenvalue weighted by Gasteiger charge is -2.26. The molecule has 0 saturated heterocycles. The molecule has 0 atom stereocenters. The minimum Gasteiger partial charge on any atom is -0.388 e. The van der Waals surface area contributed by atoms with Crippen LogP contribution >= 0.6 is 15.9 Å². The largest absolute Gasteiger partial charge is 0.388 e. The van der Waals surface area contributed by atoms with Crippen molar-refractivity contribution in [1.29, 1.82) is 0 Å². The van der Waals surface area contributed by atoms with Gasteiger partial charge in [0.2, 0.25) is 0 Å². The van der Waals surface area contributed by atoms with Crippen molar-refractivity contribution >= 4 is 21.8 Å². The summed E-state index contributed by atoms with van der Waals surface area (Å²) in [6.45, 7) is 2.30. The highest BCUT2D eigenvalue weighted by Gasteiger charge is 2.28. The van der Waals surface area contributed by atoms with Crippen LogP contribution in [0, 0.1) is 6.92 Å². The van der Waals surface area contributed by atoms with Gasteiger partial charge in [0.25, 0.3) is 5.91 Å². The molecular weight excluding hydrogens is 318 g/mol. The molecule has 1 aromatic rings. The van der Waals surface area contributed by atoms with Crippen LogP contribution in [-0.4, -0.2) is 23.2 Å². The molecule has 0 radical (unpaired) electrons. The Kier molecular flexibility index (Phi) is 5.22. The molecule has 0 bridgehead atoms. The summed E-state index contributed by atoms with van der Waals surface area (Å²) in [5.41, 5.74) is 0.944. The SMILES string of the molecule is Cc1cc(Br)cc(C(=O)NCC2(O)CCCCCC2)c1. The molecule has 0 unspecified atom stereocenters. The van der Waals surface area contributed by atoms with Crippen LogP contribution in [0.15, 0.2) is 22.7 Å². The zero-order valence-corrected chi connectivity index (χ0v) is 13.5. The number of rotatable bonds is 3. The first-order chi connectivity index (χ1) is 9.48. The third kappa shape index (κ3) is 4.32. The second-order valence-corrected chi connectivity index (χ2v) is 6.75. The molecule has 1 aliphatic rings. The van der Waals surface area contributed by atoms with E-state index in [1.54, 1.807) is 6.07 Å². The van der Waals surface area contributed by atoms with Gasteiger partial charge >= 0.3 is 0 Å². The fraction of sp³-hybridized carbons (Fsp3) is 0.562. The molecule has 20 heavy (non-hydrogen) atoms. The highest BCUT2D eigenvalue weighted by Crippen LogP contribution is 2.26. The Balaban J connectivity index is 1.97. The number of hydrogen-bond donors (Lipinski definition) is 2. The summed E-state index contributed by atoms with van der Waals surface area (Å²) < 4.78 is 0.899. The second-order valence-electron chi connectivity index (χ2n) is 5.84. The number of hydrogen-bond acceptors (Lipinski definition) is 2. The lowest BCUT2D eigenvalue weighted by molar-refractivity contribution is 0.0246. The zero-order chi connectivity index (χ0) is 14.6. The van der Waals surface area contributed by atoms with Crippen molar-refractivity contribution in [1.82, 2.24) is 5.32 Å². The number of aliphatic hydroxyl groups is 1. The molecule has 1 aliphatic carbocycles. The van der Waals surface area contributed by atoms with Gasteiger partial charge in [-0.25, -0.2) is 0 Å². The lowest BCUT2D eigenvalue weighted by Crippen LogP contribution is -2.42. The molecule has 0 aromatic heterocycles. The van der Waals surface area contributed by atoms with Crippen LogP contribution in [0.3, 0.4) is 0 Å². The van der Waals surface area contributed by atoms with E-state index in [1.807, 2.05) is 19.1 Å². The maximum absolute atomic E-state index is 12.2. The predicted molar refractivity (Wildman–Crippen MR) is 83.9 cm³/mol. The smallest absolute Gasteiger partial charge is 0.251 e. The molecule has 2 rings (SSSR count). The Bertz CT molecular complexity index is 459. The molecule has 0 aliphatic heterocycles. The van der Waals surface area contributed by atoms with Gasteiger partial charge in [-0.1, -0.05) is 41.6 Å². The summed E-state index contributed by atoms with van der Waals surface area (Å²) >= 11 is 3.40. The van der Waals surface area contributed by atoms with Crippen molar-refractivity contribution in [2.75, 3.05) is 6.54 Å². The van der Waals surface area contributed by atoms with Crippen molar-refractivity contribution in [3.05, 3.63) is 33.8 Å². The van der Waals surface area contributed by atoms with Crippen LogP contribution in [0.5, 0.6) is 0 Å². The van der Waals surface area contributed by atoms with E-state index in [9.17, 15) is 9.90 Å². The maximum atomic E-state index is 12.2. The average Bonchev–Trinajstić information content (AvgIpc) is 2.60. The van der Waals surface area contributed by atoms with E-state index in [4.69, 9.17) is 0 Å². The van der Waals surface area contributed by atoms with Gasteiger partial charge in [0.05, 0.1) is 5.60 Å². The van der Waals surface area contributed by atoms with Gasteiger partial charge in [0.15, 0.2) is 0 Å². The Morgan fingerprint density at radius 1 is 1.25 bits per heavy atom. The van der Waals surface area contributed by atoms with E-state index >= 15 is 0 Å². The van der Waals surface area contributed by atoms with Crippen LogP contribution in [0.4, 0.5) is 0 Å². The summed E-state index contributed by atoms with van der Waals surface area (Å²) in [4.78, 5) is 12.2. The molecule has 1 saturated carbocycles. The fourth-order valence-corrected chi connectivity index (χ4v) is 3.39. The van der Waals surface area contributed by atoms with Gasteiger partial charge in [0.1, 0.15) is 0 Å². The average molecular weight is 340 g/mol. The van der Waals surface area contributed by atoms with Crippen LogP contribution in [0.2, 0.25) is 0 Å². The standard InChI is InChI=1S/C16H22BrNO2/c1-12-8-13(10-14(17)9-12)15(19)18-11-16(20)6-4-2-3-5-7-16/h8-10,20H,2-7,11H2,1H3,(H,18,19). The summed E-state index contributed by atoms with van der Waals surface area (Å²) in [7, 11) is 0. The van der Waals surface area contributed by atoms with E-state index in [2.05, 4.69) is 21.2 Å². The molecule has 4 heteroatoms. The molecular formula is C16H22BrNO2. The van der Waals surface area contributed by atoms with Gasteiger partial charge < -0.3 is 10.4 Å². The second kappa shape index (κ2) is 6.72. The molecule has 1 aromatic carbocycles. The van der Waals surface area contributed by atoms with E-state index in [0.29, 0.717) is 12.1 Å². The first kappa shape index (κ1) is 15.5. The number of aryl methyl sites for hydroxylation is 1. The van der Waals surface area contributed by atoms with Crippen molar-refractivity contribution in [3.8, 4) is 0 Å². The van der Waals surface area contributed by atoms with Gasteiger partial charge in [0, 0.05) is 16.6 Å². The quantitative estimate of drug-likeness (QED) is 0.827. The van der Waals surface area contributed by atoms with E-state index in [0.717, 1.165) is 35.7 Å². The summed E-state index contributed by atoms with van der Waals surface area (Å²) in [6.07, 6.45) is 6.02. The van der Waals surface area contributed by atoms with Crippen LogP contribution in [0.25, 0.3) is 0 Å². The van der Waals surface area contributed by atoms with E-state index in [-0.39, 0.29) is 5.91 Å². The molecule has 1 amide bonds. The highest BCUT2D eigenvalue weighted by atomic mass is 79.9. The first-order valence-electron chi connectivity index (χ1n) is 7.26. The van der Waals surface area contributed by atoms with Gasteiger partial charge in [-0.2, -0.15) is 0 Å². The third-order valence-corrected chi connectivity index (χ3v) is 4.37. The number of carbonyl (C=O) groups is 1. The number of nitrogens with one attached hydrogen (secondary N) is 1. The molecule has 3 nitrogen and oxygen atoms in total.